The summed E-state index contributed by atoms with van der Waals surface area (Å²) in [5, 5.41) is 0. The molecule has 1 saturated heterocycles. The molecule has 0 aromatic heterocycles. The van der Waals surface area contributed by atoms with Gasteiger partial charge in [-0.2, -0.15) is 0 Å². The number of hydrogen-bond acceptors (Lipinski definition) is 4. The van der Waals surface area contributed by atoms with Crippen molar-refractivity contribution in [2.75, 3.05) is 6.61 Å². The molecule has 2 rings (SSSR count). The highest BCUT2D eigenvalue weighted by Crippen LogP contribution is 2.14. The van der Waals surface area contributed by atoms with Crippen molar-refractivity contribution in [3.8, 4) is 0 Å². The number of ether oxygens (including phenoxy) is 1. The molecule has 15 heavy (non-hydrogen) atoms. The summed E-state index contributed by atoms with van der Waals surface area (Å²) < 4.78 is 6.00. The highest BCUT2D eigenvalue weighted by Gasteiger charge is 2.26. The molecule has 2 amide bonds. The van der Waals surface area contributed by atoms with Crippen molar-refractivity contribution in [2.24, 2.45) is 0 Å². The lowest BCUT2D eigenvalue weighted by Crippen LogP contribution is -2.16. The van der Waals surface area contributed by atoms with Crippen LogP contribution in [-0.2, 0) is 19.1 Å². The molecule has 0 saturated carbocycles. The number of esters is 1. The molecule has 0 aromatic carbocycles. The number of amides is 2. The van der Waals surface area contributed by atoms with E-state index in [0.717, 1.165) is 3.93 Å². The Morgan fingerprint density at radius 2 is 1.73 bits per heavy atom. The lowest BCUT2D eigenvalue weighted by molar-refractivity contribution is -0.135. The van der Waals surface area contributed by atoms with Crippen LogP contribution >= 0.6 is 32.1 Å². The standard InChI is InChI=1S/C4H4BrNO2.C4H3BrO2/c5-6-3(7)1-2-4(6)8;5-3-1-2-7-4(3)6/h1-2H2;1H,2H2. The quantitative estimate of drug-likeness (QED) is 0.378. The number of carbonyl (C=O) groups excluding carboxylic acids is 3. The van der Waals surface area contributed by atoms with Crippen molar-refractivity contribution in [3.05, 3.63) is 10.6 Å². The van der Waals surface area contributed by atoms with Crippen LogP contribution in [0.25, 0.3) is 0 Å². The normalized spacial score (nSPS) is 19.7. The van der Waals surface area contributed by atoms with E-state index in [1.807, 2.05) is 0 Å². The van der Waals surface area contributed by atoms with Crippen LogP contribution in [0.2, 0.25) is 0 Å². The topological polar surface area (TPSA) is 63.7 Å². The predicted molar refractivity (Wildman–Crippen MR) is 58.0 cm³/mol. The second-order valence-corrected chi connectivity index (χ2v) is 4.28. The highest BCUT2D eigenvalue weighted by atomic mass is 79.9. The average Bonchev–Trinajstić information content (AvgIpc) is 2.70. The van der Waals surface area contributed by atoms with Crippen LogP contribution in [0.3, 0.4) is 0 Å². The number of nitrogens with zero attached hydrogens (tertiary/aromatic N) is 1. The van der Waals surface area contributed by atoms with E-state index >= 15 is 0 Å². The molecular weight excluding hydrogens is 334 g/mol. The maximum atomic E-state index is 10.4. The lowest BCUT2D eigenvalue weighted by Gasteiger charge is -1.97. The van der Waals surface area contributed by atoms with Crippen LogP contribution in [0.1, 0.15) is 12.8 Å². The van der Waals surface area contributed by atoms with Gasteiger partial charge in [-0.3, -0.25) is 9.59 Å². The van der Waals surface area contributed by atoms with Gasteiger partial charge in [0.15, 0.2) is 0 Å². The lowest BCUT2D eigenvalue weighted by atomic mass is 10.4. The molecule has 0 radical (unpaired) electrons. The van der Waals surface area contributed by atoms with Gasteiger partial charge >= 0.3 is 5.97 Å². The Balaban J connectivity index is 0.000000151. The summed E-state index contributed by atoms with van der Waals surface area (Å²) in [5.74, 6) is -0.551. The van der Waals surface area contributed by atoms with E-state index in [1.165, 1.54) is 0 Å². The van der Waals surface area contributed by atoms with Crippen LogP contribution < -0.4 is 0 Å². The number of halogens is 2. The molecule has 0 atom stereocenters. The zero-order valence-electron chi connectivity index (χ0n) is 7.53. The van der Waals surface area contributed by atoms with E-state index in [9.17, 15) is 14.4 Å². The van der Waals surface area contributed by atoms with Gasteiger partial charge in [-0.05, 0) is 22.0 Å². The zero-order chi connectivity index (χ0) is 11.4. The maximum Gasteiger partial charge on any atom is 0.345 e. The summed E-state index contributed by atoms with van der Waals surface area (Å²) in [5.41, 5.74) is 0. The maximum absolute atomic E-state index is 10.4. The number of rotatable bonds is 0. The molecule has 0 bridgehead atoms. The Bertz CT molecular complexity index is 324. The van der Waals surface area contributed by atoms with Crippen LogP contribution in [0, 0.1) is 0 Å². The molecule has 2 aliphatic rings. The molecular formula is C8H7Br2NO4. The summed E-state index contributed by atoms with van der Waals surface area (Å²) in [7, 11) is 0. The van der Waals surface area contributed by atoms with Gasteiger partial charge in [-0.25, -0.2) is 8.72 Å². The minimum Gasteiger partial charge on any atom is -0.457 e. The van der Waals surface area contributed by atoms with E-state index in [2.05, 4.69) is 36.8 Å². The molecule has 0 spiro atoms. The van der Waals surface area contributed by atoms with Crippen molar-refractivity contribution < 1.29 is 19.1 Å². The molecule has 0 aliphatic carbocycles. The fraction of sp³-hybridized carbons (Fsp3) is 0.375. The average molecular weight is 341 g/mol. The summed E-state index contributed by atoms with van der Waals surface area (Å²) in [6, 6.07) is 0. The van der Waals surface area contributed by atoms with Gasteiger partial charge in [0.1, 0.15) is 11.1 Å². The molecule has 2 heterocycles. The predicted octanol–water partition coefficient (Wildman–Crippen LogP) is 1.27. The van der Waals surface area contributed by atoms with Crippen LogP contribution in [0.15, 0.2) is 10.6 Å². The summed E-state index contributed by atoms with van der Waals surface area (Å²) in [6.07, 6.45) is 2.39. The molecule has 1 fully saturated rings. The molecule has 5 nitrogen and oxygen atoms in total. The monoisotopic (exact) mass is 339 g/mol. The molecule has 0 N–H and O–H groups in total. The van der Waals surface area contributed by atoms with Crippen molar-refractivity contribution in [1.82, 2.24) is 3.93 Å². The van der Waals surface area contributed by atoms with Gasteiger partial charge in [-0.15, -0.1) is 0 Å². The van der Waals surface area contributed by atoms with Crippen molar-refractivity contribution in [3.63, 3.8) is 0 Å². The van der Waals surface area contributed by atoms with Crippen LogP contribution in [-0.4, -0.2) is 28.3 Å². The van der Waals surface area contributed by atoms with E-state index < -0.39 is 0 Å². The Morgan fingerprint density at radius 1 is 1.20 bits per heavy atom. The van der Waals surface area contributed by atoms with Gasteiger partial charge in [0.2, 0.25) is 11.8 Å². The van der Waals surface area contributed by atoms with Crippen molar-refractivity contribution in [1.29, 1.82) is 0 Å². The third kappa shape index (κ3) is 3.42. The Hall–Kier alpha value is -0.690. The van der Waals surface area contributed by atoms with Crippen molar-refractivity contribution >= 4 is 49.9 Å². The summed E-state index contributed by atoms with van der Waals surface area (Å²) in [6.45, 7) is 0.416. The number of hydrogen-bond donors (Lipinski definition) is 0. The summed E-state index contributed by atoms with van der Waals surface area (Å²) >= 11 is 5.79. The first-order valence-electron chi connectivity index (χ1n) is 4.06. The second kappa shape index (κ2) is 5.41. The van der Waals surface area contributed by atoms with Gasteiger partial charge in [0, 0.05) is 12.8 Å². The highest BCUT2D eigenvalue weighted by molar-refractivity contribution is 9.12. The number of carbonyl (C=O) groups is 3. The zero-order valence-corrected chi connectivity index (χ0v) is 10.7. The Morgan fingerprint density at radius 3 is 1.87 bits per heavy atom. The minimum absolute atomic E-state index is 0.144. The first kappa shape index (κ1) is 12.4. The fourth-order valence-electron chi connectivity index (χ4n) is 0.892. The van der Waals surface area contributed by atoms with E-state index in [-0.39, 0.29) is 17.8 Å². The second-order valence-electron chi connectivity index (χ2n) is 2.72. The number of cyclic esters (lactones) is 1. The minimum atomic E-state index is -0.264. The van der Waals surface area contributed by atoms with Crippen LogP contribution in [0.5, 0.6) is 0 Å². The largest absolute Gasteiger partial charge is 0.457 e. The van der Waals surface area contributed by atoms with E-state index in [1.54, 1.807) is 6.08 Å². The molecule has 2 aliphatic heterocycles. The van der Waals surface area contributed by atoms with E-state index in [4.69, 9.17) is 0 Å². The smallest absolute Gasteiger partial charge is 0.345 e. The van der Waals surface area contributed by atoms with Gasteiger partial charge in [0.25, 0.3) is 0 Å². The molecule has 0 aromatic rings. The number of imide groups is 1. The Labute approximate surface area is 103 Å². The van der Waals surface area contributed by atoms with Gasteiger partial charge in [-0.1, -0.05) is 0 Å². The Kier molecular flexibility index (Phi) is 4.46. The summed E-state index contributed by atoms with van der Waals surface area (Å²) in [4.78, 5) is 31.1. The van der Waals surface area contributed by atoms with Gasteiger partial charge < -0.3 is 4.74 Å². The fourth-order valence-corrected chi connectivity index (χ4v) is 1.49. The van der Waals surface area contributed by atoms with E-state index in [0.29, 0.717) is 23.9 Å². The third-order valence-corrected chi connectivity index (χ3v) is 3.10. The SMILES string of the molecule is O=C1CCC(=O)N1Br.O=C1OCC=C1Br. The molecule has 7 heteroatoms. The van der Waals surface area contributed by atoms with Gasteiger partial charge in [0.05, 0.1) is 16.1 Å². The molecule has 0 unspecified atom stereocenters. The third-order valence-electron chi connectivity index (χ3n) is 1.66. The van der Waals surface area contributed by atoms with Crippen molar-refractivity contribution in [2.45, 2.75) is 12.8 Å². The molecule has 82 valence electrons. The first-order valence-corrected chi connectivity index (χ1v) is 5.57. The van der Waals surface area contributed by atoms with Crippen LogP contribution in [0.4, 0.5) is 0 Å². The first-order chi connectivity index (χ1) is 7.02.